The van der Waals surface area contributed by atoms with Crippen molar-refractivity contribution in [3.63, 3.8) is 0 Å². The van der Waals surface area contributed by atoms with E-state index < -0.39 is 6.04 Å². The van der Waals surface area contributed by atoms with Crippen LogP contribution in [0.25, 0.3) is 5.78 Å². The zero-order valence-electron chi connectivity index (χ0n) is 14.4. The molecule has 1 aromatic carbocycles. The fraction of sp³-hybridized carbons (Fsp3) is 0.263. The lowest BCUT2D eigenvalue weighted by molar-refractivity contribution is -0.120. The molecule has 3 aromatic rings. The number of rotatable bonds is 4. The largest absolute Gasteiger partial charge is 0.325 e. The van der Waals surface area contributed by atoms with E-state index in [1.807, 2.05) is 37.3 Å². The van der Waals surface area contributed by atoms with Gasteiger partial charge in [0.2, 0.25) is 11.7 Å². The number of hydrogen-bond acceptors (Lipinski definition) is 4. The molecule has 1 saturated heterocycles. The second-order valence-corrected chi connectivity index (χ2v) is 6.17. The molecule has 2 amide bonds. The molecule has 0 saturated carbocycles. The first-order chi connectivity index (χ1) is 12.7. The van der Waals surface area contributed by atoms with Crippen LogP contribution in [0, 0.1) is 0 Å². The third kappa shape index (κ3) is 2.71. The lowest BCUT2D eigenvalue weighted by Crippen LogP contribution is -2.45. The predicted molar refractivity (Wildman–Crippen MR) is 96.9 cm³/mol. The van der Waals surface area contributed by atoms with E-state index in [0.717, 1.165) is 5.69 Å². The summed E-state index contributed by atoms with van der Waals surface area (Å²) in [5.74, 6) is 0.176. The molecule has 4 rings (SSSR count). The van der Waals surface area contributed by atoms with Gasteiger partial charge in [0.15, 0.2) is 0 Å². The Morgan fingerprint density at radius 3 is 2.81 bits per heavy atom. The number of carbonyl (C=O) groups is 2. The minimum absolute atomic E-state index is 0.0479. The highest BCUT2D eigenvalue weighted by atomic mass is 16.2. The smallest absolute Gasteiger partial charge is 0.274 e. The number of hydrogen-bond donors (Lipinski definition) is 0. The zero-order valence-corrected chi connectivity index (χ0v) is 14.4. The van der Waals surface area contributed by atoms with Crippen molar-refractivity contribution in [3.8, 4) is 0 Å². The van der Waals surface area contributed by atoms with Gasteiger partial charge in [0.1, 0.15) is 11.7 Å². The zero-order chi connectivity index (χ0) is 18.1. The van der Waals surface area contributed by atoms with Gasteiger partial charge in [-0.1, -0.05) is 18.2 Å². The lowest BCUT2D eigenvalue weighted by Gasteiger charge is -2.26. The molecule has 0 radical (unpaired) electrons. The Morgan fingerprint density at radius 1 is 1.27 bits per heavy atom. The summed E-state index contributed by atoms with van der Waals surface area (Å²) in [7, 11) is 0. The molecule has 0 bridgehead atoms. The number of likely N-dealkylation sites (N-methyl/N-ethyl adjacent to an activating group) is 1. The van der Waals surface area contributed by atoms with Gasteiger partial charge in [-0.05, 0) is 31.5 Å². The van der Waals surface area contributed by atoms with Crippen LogP contribution in [0.2, 0.25) is 0 Å². The molecule has 1 unspecified atom stereocenters. The van der Waals surface area contributed by atoms with Crippen molar-refractivity contribution < 1.29 is 9.59 Å². The third-order valence-electron chi connectivity index (χ3n) is 4.68. The maximum absolute atomic E-state index is 13.0. The first-order valence-corrected chi connectivity index (χ1v) is 8.66. The number of benzene rings is 1. The Kier molecular flexibility index (Phi) is 4.12. The average Bonchev–Trinajstić information content (AvgIpc) is 3.27. The van der Waals surface area contributed by atoms with Gasteiger partial charge in [0.05, 0.1) is 0 Å². The molecule has 7 heteroatoms. The molecule has 3 heterocycles. The number of anilines is 1. The maximum Gasteiger partial charge on any atom is 0.274 e. The highest BCUT2D eigenvalue weighted by Crippen LogP contribution is 2.25. The second-order valence-electron chi connectivity index (χ2n) is 6.17. The van der Waals surface area contributed by atoms with Crippen molar-refractivity contribution in [2.24, 2.45) is 0 Å². The van der Waals surface area contributed by atoms with Gasteiger partial charge in [-0.15, -0.1) is 0 Å². The second kappa shape index (κ2) is 6.59. The normalized spacial score (nSPS) is 17.0. The van der Waals surface area contributed by atoms with E-state index in [2.05, 4.69) is 9.97 Å². The third-order valence-corrected chi connectivity index (χ3v) is 4.68. The summed E-state index contributed by atoms with van der Waals surface area (Å²) < 4.78 is 1.70. The van der Waals surface area contributed by atoms with Crippen LogP contribution in [0.15, 0.2) is 55.0 Å². The van der Waals surface area contributed by atoms with Crippen molar-refractivity contribution in [1.29, 1.82) is 0 Å². The predicted octanol–water partition coefficient (Wildman–Crippen LogP) is 2.00. The van der Waals surface area contributed by atoms with Gasteiger partial charge in [-0.2, -0.15) is 0 Å². The molecular weight excluding hydrogens is 330 g/mol. The summed E-state index contributed by atoms with van der Waals surface area (Å²) >= 11 is 0. The summed E-state index contributed by atoms with van der Waals surface area (Å²) in [6.07, 6.45) is 5.69. The van der Waals surface area contributed by atoms with E-state index in [4.69, 9.17) is 0 Å². The molecule has 1 atom stereocenters. The van der Waals surface area contributed by atoms with E-state index in [0.29, 0.717) is 31.0 Å². The summed E-state index contributed by atoms with van der Waals surface area (Å²) in [5, 5.41) is 0. The number of aromatic nitrogens is 3. The van der Waals surface area contributed by atoms with Crippen LogP contribution < -0.4 is 4.90 Å². The van der Waals surface area contributed by atoms with Gasteiger partial charge in [-0.25, -0.2) is 9.97 Å². The number of para-hydroxylation sites is 1. The van der Waals surface area contributed by atoms with Gasteiger partial charge in [-0.3, -0.25) is 14.0 Å². The molecule has 7 nitrogen and oxygen atoms in total. The number of fused-ring (bicyclic) bond motifs is 1. The minimum atomic E-state index is -0.467. The van der Waals surface area contributed by atoms with Gasteiger partial charge in [0.25, 0.3) is 5.91 Å². The summed E-state index contributed by atoms with van der Waals surface area (Å²) in [6.45, 7) is 2.92. The number of nitrogens with zero attached hydrogens (tertiary/aromatic N) is 5. The van der Waals surface area contributed by atoms with E-state index >= 15 is 0 Å². The molecular formula is C19H19N5O2. The van der Waals surface area contributed by atoms with Crippen molar-refractivity contribution in [2.45, 2.75) is 19.4 Å². The van der Waals surface area contributed by atoms with Gasteiger partial charge < -0.3 is 9.80 Å². The van der Waals surface area contributed by atoms with Crippen LogP contribution >= 0.6 is 0 Å². The molecule has 1 aliphatic heterocycles. The minimum Gasteiger partial charge on any atom is -0.325 e. The van der Waals surface area contributed by atoms with E-state index in [1.54, 1.807) is 38.9 Å². The molecule has 2 aromatic heterocycles. The highest BCUT2D eigenvalue weighted by molar-refractivity contribution is 6.03. The molecule has 0 N–H and O–H groups in total. The topological polar surface area (TPSA) is 70.8 Å². The summed E-state index contributed by atoms with van der Waals surface area (Å²) in [6, 6.07) is 10.9. The van der Waals surface area contributed by atoms with Crippen molar-refractivity contribution in [1.82, 2.24) is 19.3 Å². The molecule has 1 aliphatic rings. The number of imidazole rings is 1. The fourth-order valence-electron chi connectivity index (χ4n) is 3.40. The Morgan fingerprint density at radius 2 is 2.08 bits per heavy atom. The standard InChI is InChI=1S/C19H19N5O2/c1-2-23(17(25)15-13-22-11-6-10-20-19(22)21-15)16-9-12-24(18(16)26)14-7-4-3-5-8-14/h3-8,10-11,13,16H,2,9,12H2,1H3. The molecule has 132 valence electrons. The maximum atomic E-state index is 13.0. The van der Waals surface area contributed by atoms with Crippen LogP contribution in [0.3, 0.4) is 0 Å². The van der Waals surface area contributed by atoms with Crippen LogP contribution in [-0.2, 0) is 4.79 Å². The quantitative estimate of drug-likeness (QED) is 0.722. The van der Waals surface area contributed by atoms with E-state index in [1.165, 1.54) is 0 Å². The number of carbonyl (C=O) groups excluding carboxylic acids is 2. The fourth-order valence-corrected chi connectivity index (χ4v) is 3.40. The first-order valence-electron chi connectivity index (χ1n) is 8.66. The van der Waals surface area contributed by atoms with Crippen LogP contribution in [0.1, 0.15) is 23.8 Å². The molecule has 0 spiro atoms. The highest BCUT2D eigenvalue weighted by Gasteiger charge is 2.38. The van der Waals surface area contributed by atoms with Crippen LogP contribution in [0.5, 0.6) is 0 Å². The first kappa shape index (κ1) is 16.3. The lowest BCUT2D eigenvalue weighted by atomic mass is 10.2. The van der Waals surface area contributed by atoms with E-state index in [9.17, 15) is 9.59 Å². The molecule has 0 aliphatic carbocycles. The number of amides is 2. The van der Waals surface area contributed by atoms with Gasteiger partial charge >= 0.3 is 0 Å². The van der Waals surface area contributed by atoms with Crippen LogP contribution in [-0.4, -0.2) is 50.2 Å². The Bertz CT molecular complexity index is 920. The Balaban J connectivity index is 1.59. The SMILES string of the molecule is CCN(C(=O)c1cn2cccnc2n1)C1CCN(c2ccccc2)C1=O. The molecule has 26 heavy (non-hydrogen) atoms. The monoisotopic (exact) mass is 349 g/mol. The summed E-state index contributed by atoms with van der Waals surface area (Å²) in [5.41, 5.74) is 1.16. The average molecular weight is 349 g/mol. The van der Waals surface area contributed by atoms with Crippen molar-refractivity contribution in [2.75, 3.05) is 18.0 Å². The van der Waals surface area contributed by atoms with E-state index in [-0.39, 0.29) is 11.8 Å². The van der Waals surface area contributed by atoms with Crippen molar-refractivity contribution in [3.05, 3.63) is 60.7 Å². The Hall–Kier alpha value is -3.22. The summed E-state index contributed by atoms with van der Waals surface area (Å²) in [4.78, 5) is 37.7. The Labute approximate surface area is 150 Å². The van der Waals surface area contributed by atoms with Gasteiger partial charge in [0, 0.05) is 37.4 Å². The van der Waals surface area contributed by atoms with Crippen molar-refractivity contribution >= 4 is 23.3 Å². The van der Waals surface area contributed by atoms with Crippen LogP contribution in [0.4, 0.5) is 5.69 Å². The molecule has 1 fully saturated rings.